The Hall–Kier alpha value is -1.51. The maximum atomic E-state index is 11.9. The van der Waals surface area contributed by atoms with Gasteiger partial charge in [0.15, 0.2) is 0 Å². The molecule has 1 heterocycles. The van der Waals surface area contributed by atoms with Crippen LogP contribution in [0, 0.1) is 11.8 Å². The van der Waals surface area contributed by atoms with Crippen LogP contribution in [0.15, 0.2) is 11.4 Å². The molecule has 2 rings (SSSR count). The molecule has 4 N–H and O–H groups in total. The molecule has 1 fully saturated rings. The van der Waals surface area contributed by atoms with Crippen LogP contribution in [0.4, 0.5) is 4.79 Å². The summed E-state index contributed by atoms with van der Waals surface area (Å²) in [5.41, 5.74) is 6.33. The molecule has 108 valence electrons. The average Bonchev–Trinajstić information content (AvgIpc) is 2.91. The molecule has 1 aliphatic rings. The monoisotopic (exact) mass is 291 g/mol. The number of rotatable bonds is 3. The standard InChI is InChI=1S/C15H21N3OS/c16-9-4-5-12-8-10-20-14(12)11-17-15(19)18-13-6-2-1-3-7-13/h8,10,13H,1-3,6-7,9,11,16H2,(H2,17,18,19). The molecule has 0 bridgehead atoms. The van der Waals surface area contributed by atoms with E-state index in [9.17, 15) is 4.79 Å². The summed E-state index contributed by atoms with van der Waals surface area (Å²) in [5, 5.41) is 7.94. The maximum absolute atomic E-state index is 11.9. The number of amides is 2. The largest absolute Gasteiger partial charge is 0.335 e. The van der Waals surface area contributed by atoms with Gasteiger partial charge in [0.1, 0.15) is 0 Å². The highest BCUT2D eigenvalue weighted by molar-refractivity contribution is 7.10. The Morgan fingerprint density at radius 2 is 2.20 bits per heavy atom. The van der Waals surface area contributed by atoms with Gasteiger partial charge in [-0.15, -0.1) is 11.3 Å². The molecule has 1 aliphatic carbocycles. The Kier molecular flexibility index (Phi) is 5.90. The zero-order valence-electron chi connectivity index (χ0n) is 11.6. The van der Waals surface area contributed by atoms with E-state index >= 15 is 0 Å². The second kappa shape index (κ2) is 7.93. The van der Waals surface area contributed by atoms with E-state index < -0.39 is 0 Å². The summed E-state index contributed by atoms with van der Waals surface area (Å²) in [5.74, 6) is 5.86. The summed E-state index contributed by atoms with van der Waals surface area (Å²) >= 11 is 1.60. The van der Waals surface area contributed by atoms with Crippen LogP contribution in [-0.2, 0) is 6.54 Å². The van der Waals surface area contributed by atoms with Crippen molar-refractivity contribution in [3.63, 3.8) is 0 Å². The second-order valence-corrected chi connectivity index (χ2v) is 5.93. The van der Waals surface area contributed by atoms with Gasteiger partial charge >= 0.3 is 6.03 Å². The Labute approximate surface area is 124 Å². The van der Waals surface area contributed by atoms with Crippen molar-refractivity contribution in [1.82, 2.24) is 10.6 Å². The minimum atomic E-state index is -0.0805. The fourth-order valence-electron chi connectivity index (χ4n) is 2.38. The lowest BCUT2D eigenvalue weighted by Gasteiger charge is -2.22. The lowest BCUT2D eigenvalue weighted by atomic mass is 9.96. The van der Waals surface area contributed by atoms with Crippen molar-refractivity contribution in [1.29, 1.82) is 0 Å². The van der Waals surface area contributed by atoms with Crippen LogP contribution in [0.2, 0.25) is 0 Å². The third-order valence-corrected chi connectivity index (χ3v) is 4.34. The van der Waals surface area contributed by atoms with E-state index in [0.29, 0.717) is 19.1 Å². The van der Waals surface area contributed by atoms with E-state index in [2.05, 4.69) is 22.5 Å². The van der Waals surface area contributed by atoms with Crippen LogP contribution < -0.4 is 16.4 Å². The first-order valence-electron chi connectivity index (χ1n) is 7.09. The van der Waals surface area contributed by atoms with Crippen LogP contribution in [0.1, 0.15) is 42.5 Å². The Morgan fingerprint density at radius 3 is 2.95 bits per heavy atom. The molecule has 20 heavy (non-hydrogen) atoms. The van der Waals surface area contributed by atoms with Crippen LogP contribution >= 0.6 is 11.3 Å². The molecule has 0 aromatic carbocycles. The quantitative estimate of drug-likeness (QED) is 0.747. The summed E-state index contributed by atoms with van der Waals surface area (Å²) in [6.07, 6.45) is 5.92. The van der Waals surface area contributed by atoms with E-state index in [0.717, 1.165) is 23.3 Å². The molecular weight excluding hydrogens is 270 g/mol. The fourth-order valence-corrected chi connectivity index (χ4v) is 3.15. The molecule has 1 saturated carbocycles. The minimum Gasteiger partial charge on any atom is -0.335 e. The summed E-state index contributed by atoms with van der Waals surface area (Å²) in [6.45, 7) is 0.871. The molecule has 0 spiro atoms. The summed E-state index contributed by atoms with van der Waals surface area (Å²) in [4.78, 5) is 12.9. The van der Waals surface area contributed by atoms with Gasteiger partial charge in [0, 0.05) is 16.5 Å². The summed E-state index contributed by atoms with van der Waals surface area (Å²) in [7, 11) is 0. The van der Waals surface area contributed by atoms with E-state index in [-0.39, 0.29) is 6.03 Å². The normalized spacial score (nSPS) is 15.2. The van der Waals surface area contributed by atoms with Crippen LogP contribution in [0.5, 0.6) is 0 Å². The first-order valence-corrected chi connectivity index (χ1v) is 7.97. The molecule has 0 radical (unpaired) electrons. The van der Waals surface area contributed by atoms with Gasteiger partial charge in [0.2, 0.25) is 0 Å². The van der Waals surface area contributed by atoms with Gasteiger partial charge < -0.3 is 16.4 Å². The number of nitrogens with one attached hydrogen (secondary N) is 2. The number of thiophene rings is 1. The van der Waals surface area contributed by atoms with Gasteiger partial charge in [0.05, 0.1) is 13.1 Å². The van der Waals surface area contributed by atoms with Crippen molar-refractivity contribution in [2.75, 3.05) is 6.54 Å². The molecule has 0 aliphatic heterocycles. The van der Waals surface area contributed by atoms with Crippen molar-refractivity contribution >= 4 is 17.4 Å². The number of carbonyl (C=O) groups excluding carboxylic acids is 1. The fraction of sp³-hybridized carbons (Fsp3) is 0.533. The lowest BCUT2D eigenvalue weighted by molar-refractivity contribution is 0.232. The van der Waals surface area contributed by atoms with E-state index in [1.807, 2.05) is 11.4 Å². The molecule has 1 aromatic rings. The summed E-state index contributed by atoms with van der Waals surface area (Å²) in [6, 6.07) is 2.22. The zero-order valence-corrected chi connectivity index (χ0v) is 12.4. The Morgan fingerprint density at radius 1 is 1.40 bits per heavy atom. The Bertz CT molecular complexity index is 495. The van der Waals surface area contributed by atoms with E-state index in [1.54, 1.807) is 11.3 Å². The molecular formula is C15H21N3OS. The first kappa shape index (κ1) is 14.9. The number of nitrogens with two attached hydrogens (primary N) is 1. The van der Waals surface area contributed by atoms with Gasteiger partial charge in [-0.2, -0.15) is 0 Å². The smallest absolute Gasteiger partial charge is 0.315 e. The summed E-state index contributed by atoms with van der Waals surface area (Å²) < 4.78 is 0. The third kappa shape index (κ3) is 4.55. The number of urea groups is 1. The molecule has 0 unspecified atom stereocenters. The van der Waals surface area contributed by atoms with Crippen molar-refractivity contribution < 1.29 is 4.79 Å². The minimum absolute atomic E-state index is 0.0805. The van der Waals surface area contributed by atoms with Gasteiger partial charge in [-0.3, -0.25) is 0 Å². The van der Waals surface area contributed by atoms with Crippen LogP contribution in [0.3, 0.4) is 0 Å². The molecule has 4 nitrogen and oxygen atoms in total. The predicted octanol–water partition coefficient (Wildman–Crippen LogP) is 2.19. The molecule has 1 aromatic heterocycles. The third-order valence-electron chi connectivity index (χ3n) is 3.42. The van der Waals surface area contributed by atoms with E-state index in [4.69, 9.17) is 5.73 Å². The lowest BCUT2D eigenvalue weighted by Crippen LogP contribution is -2.42. The first-order chi connectivity index (χ1) is 9.79. The molecule has 5 heteroatoms. The zero-order chi connectivity index (χ0) is 14.2. The number of hydrogen-bond acceptors (Lipinski definition) is 3. The van der Waals surface area contributed by atoms with Crippen LogP contribution in [0.25, 0.3) is 0 Å². The maximum Gasteiger partial charge on any atom is 0.315 e. The van der Waals surface area contributed by atoms with Gasteiger partial charge in [-0.25, -0.2) is 4.79 Å². The van der Waals surface area contributed by atoms with Crippen molar-refractivity contribution in [3.05, 3.63) is 21.9 Å². The SMILES string of the molecule is NCC#Cc1ccsc1CNC(=O)NC1CCCCC1. The highest BCUT2D eigenvalue weighted by Gasteiger charge is 2.15. The second-order valence-electron chi connectivity index (χ2n) is 4.93. The van der Waals surface area contributed by atoms with Gasteiger partial charge in [0.25, 0.3) is 0 Å². The molecule has 2 amide bonds. The van der Waals surface area contributed by atoms with Gasteiger partial charge in [-0.05, 0) is 24.3 Å². The highest BCUT2D eigenvalue weighted by Crippen LogP contribution is 2.17. The predicted molar refractivity (Wildman–Crippen MR) is 82.5 cm³/mol. The molecule has 0 saturated heterocycles. The van der Waals surface area contributed by atoms with E-state index in [1.165, 1.54) is 19.3 Å². The highest BCUT2D eigenvalue weighted by atomic mass is 32.1. The van der Waals surface area contributed by atoms with Crippen LogP contribution in [-0.4, -0.2) is 18.6 Å². The average molecular weight is 291 g/mol. The van der Waals surface area contributed by atoms with Gasteiger partial charge in [-0.1, -0.05) is 31.1 Å². The van der Waals surface area contributed by atoms with Crippen molar-refractivity contribution in [2.45, 2.75) is 44.7 Å². The van der Waals surface area contributed by atoms with Crippen molar-refractivity contribution in [3.8, 4) is 11.8 Å². The Balaban J connectivity index is 1.79. The number of carbonyl (C=O) groups is 1. The number of hydrogen-bond donors (Lipinski definition) is 3. The van der Waals surface area contributed by atoms with Crippen molar-refractivity contribution in [2.24, 2.45) is 5.73 Å². The molecule has 0 atom stereocenters. The topological polar surface area (TPSA) is 67.1 Å².